The van der Waals surface area contributed by atoms with Crippen LogP contribution >= 0.6 is 11.3 Å². The van der Waals surface area contributed by atoms with E-state index in [4.69, 9.17) is 14.6 Å². The van der Waals surface area contributed by atoms with Crippen LogP contribution in [-0.2, 0) is 11.4 Å². The van der Waals surface area contributed by atoms with Crippen LogP contribution < -0.4 is 14.8 Å². The van der Waals surface area contributed by atoms with Gasteiger partial charge in [-0.25, -0.2) is 4.68 Å². The average Bonchev–Trinajstić information content (AvgIpc) is 3.47. The van der Waals surface area contributed by atoms with E-state index in [0.717, 1.165) is 39.4 Å². The molecule has 3 aromatic rings. The predicted octanol–water partition coefficient (Wildman–Crippen LogP) is 1.01. The Bertz CT molecular complexity index is 1360. The second kappa shape index (κ2) is 10.5. The number of rotatable bonds is 8. The lowest BCUT2D eigenvalue weighted by atomic mass is 9.48. The number of allylic oxidation sites excluding steroid dienone is 1. The average molecular weight is 516 g/mol. The molecule has 3 heterocycles. The minimum Gasteiger partial charge on any atom is -0.496 e. The van der Waals surface area contributed by atoms with Crippen LogP contribution in [0.5, 0.6) is 11.5 Å². The van der Waals surface area contributed by atoms with Gasteiger partial charge in [0.25, 0.3) is 5.91 Å². The van der Waals surface area contributed by atoms with E-state index in [-0.39, 0.29) is 23.7 Å². The van der Waals surface area contributed by atoms with E-state index in [2.05, 4.69) is 11.4 Å². The maximum absolute atomic E-state index is 13.4. The number of hydrogen-bond acceptors (Lipinski definition) is 6. The van der Waals surface area contributed by atoms with Crippen LogP contribution in [0.3, 0.4) is 0 Å². The molecule has 1 aliphatic rings. The first-order valence-corrected chi connectivity index (χ1v) is 13.2. The third kappa shape index (κ3) is 5.49. The molecule has 0 fully saturated rings. The summed E-state index contributed by atoms with van der Waals surface area (Å²) in [6.07, 6.45) is 2.06. The van der Waals surface area contributed by atoms with E-state index >= 15 is 0 Å². The lowest BCUT2D eigenvalue weighted by Crippen LogP contribution is -2.55. The van der Waals surface area contributed by atoms with Crippen molar-refractivity contribution in [2.45, 2.75) is 32.6 Å². The molecule has 2 aromatic heterocycles. The number of nitrogens with one attached hydrogen (secondary N) is 1. The van der Waals surface area contributed by atoms with Gasteiger partial charge in [0.05, 0.1) is 18.5 Å². The highest BCUT2D eigenvalue weighted by atomic mass is 32.1. The minimum absolute atomic E-state index is 0.0338. The molecular weight excluding hydrogens is 485 g/mol. The summed E-state index contributed by atoms with van der Waals surface area (Å²) in [6, 6.07) is 5.89. The summed E-state index contributed by atoms with van der Waals surface area (Å²) in [4.78, 5) is 27.2. The summed E-state index contributed by atoms with van der Waals surface area (Å²) in [6.45, 7) is 6.54. The summed E-state index contributed by atoms with van der Waals surface area (Å²) < 4.78 is 13.5. The Labute approximate surface area is 224 Å². The first-order valence-electron chi connectivity index (χ1n) is 12.2. The zero-order chi connectivity index (χ0) is 26.9. The van der Waals surface area contributed by atoms with E-state index < -0.39 is 0 Å². The van der Waals surface area contributed by atoms with Crippen molar-refractivity contribution in [3.8, 4) is 28.4 Å². The monoisotopic (exact) mass is 516 g/mol. The van der Waals surface area contributed by atoms with Gasteiger partial charge in [0.2, 0.25) is 5.91 Å². The second-order valence-corrected chi connectivity index (χ2v) is 11.0. The van der Waals surface area contributed by atoms with E-state index in [1.54, 1.807) is 30.3 Å². The second-order valence-electron chi connectivity index (χ2n) is 10.3. The third-order valence-corrected chi connectivity index (χ3v) is 6.83. The third-order valence-electron chi connectivity index (χ3n) is 6.16. The number of thiophene rings is 1. The molecule has 12 heteroatoms. The number of hydrogen-bond donors (Lipinski definition) is 1. The minimum atomic E-state index is -0.335. The maximum Gasteiger partial charge on any atom is 0.272 e. The normalized spacial score (nSPS) is 12.1. The molecule has 0 saturated carbocycles. The van der Waals surface area contributed by atoms with Gasteiger partial charge in [-0.3, -0.25) is 9.59 Å². The molecule has 0 saturated heterocycles. The Kier molecular flexibility index (Phi) is 7.59. The van der Waals surface area contributed by atoms with Crippen molar-refractivity contribution in [2.75, 3.05) is 20.2 Å². The van der Waals surface area contributed by atoms with Crippen molar-refractivity contribution in [2.24, 2.45) is 0 Å². The fourth-order valence-electron chi connectivity index (χ4n) is 4.57. The van der Waals surface area contributed by atoms with Gasteiger partial charge in [-0.1, -0.05) is 11.6 Å². The molecule has 1 aliphatic heterocycles. The number of carbonyl (C=O) groups excluding carboxylic acids is 2. The van der Waals surface area contributed by atoms with Gasteiger partial charge in [-0.2, -0.15) is 16.4 Å². The molecule has 0 spiro atoms. The van der Waals surface area contributed by atoms with E-state index in [9.17, 15) is 9.59 Å². The number of carbonyl (C=O) groups is 2. The number of aromatic nitrogens is 2. The van der Waals surface area contributed by atoms with Crippen LogP contribution in [0.15, 0.2) is 34.5 Å². The van der Waals surface area contributed by atoms with Crippen molar-refractivity contribution < 1.29 is 19.1 Å². The largest absolute Gasteiger partial charge is 0.496 e. The number of amides is 2. The van der Waals surface area contributed by atoms with E-state index in [1.807, 2.05) is 71.0 Å². The molecule has 0 bridgehead atoms. The fourth-order valence-corrected chi connectivity index (χ4v) is 5.19. The highest BCUT2D eigenvalue weighted by molar-refractivity contribution is 7.08. The van der Waals surface area contributed by atoms with Crippen molar-refractivity contribution in [1.82, 2.24) is 20.0 Å². The highest BCUT2D eigenvalue weighted by Gasteiger charge is 2.31. The standard InChI is InChI=1S/C25H31B3N4O4S/c1-14(2)9-16-10-18-21(11-20(16)35-4)36-12-19-22(30-32(23(18)19)17-5-8-37-13-17)24(34)29-6-7-31(15(3)33)25(26,27)28/h5,8-11,13H,6-7,12,26-28H2,1-4H3,(H,29,34). The zero-order valence-corrected chi connectivity index (χ0v) is 23.3. The van der Waals surface area contributed by atoms with Crippen molar-refractivity contribution in [3.05, 3.63) is 51.4 Å². The zero-order valence-electron chi connectivity index (χ0n) is 22.5. The SMILES string of the molecule is BC(B)(B)N(CCNC(=O)c1nn(-c2ccsc2)c2c1COc1cc(OC)c(C=C(C)C)cc1-2)C(C)=O. The van der Waals surface area contributed by atoms with Gasteiger partial charge in [0, 0.05) is 48.2 Å². The van der Waals surface area contributed by atoms with E-state index in [1.165, 1.54) is 0 Å². The Hall–Kier alpha value is -3.40. The Morgan fingerprint density at radius 3 is 2.65 bits per heavy atom. The molecule has 37 heavy (non-hydrogen) atoms. The number of benzene rings is 1. The Morgan fingerprint density at radius 1 is 1.30 bits per heavy atom. The van der Waals surface area contributed by atoms with Gasteiger partial charge in [0.1, 0.15) is 41.6 Å². The molecule has 0 radical (unpaired) electrons. The van der Waals surface area contributed by atoms with Crippen molar-refractivity contribution >= 4 is 52.8 Å². The fraction of sp³-hybridized carbons (Fsp3) is 0.320. The number of methoxy groups -OCH3 is 1. The topological polar surface area (TPSA) is 85.7 Å². The van der Waals surface area contributed by atoms with Gasteiger partial charge in [-0.05, 0) is 36.6 Å². The van der Waals surface area contributed by atoms with Gasteiger partial charge >= 0.3 is 0 Å². The lowest BCUT2D eigenvalue weighted by Gasteiger charge is -2.35. The molecule has 4 rings (SSSR count). The molecule has 2 amide bonds. The number of fused-ring (bicyclic) bond motifs is 3. The molecule has 0 aliphatic carbocycles. The number of ether oxygens (including phenoxy) is 2. The van der Waals surface area contributed by atoms with Crippen LogP contribution in [0.1, 0.15) is 42.4 Å². The van der Waals surface area contributed by atoms with Crippen LogP contribution in [-0.4, -0.2) is 75.5 Å². The maximum atomic E-state index is 13.4. The lowest BCUT2D eigenvalue weighted by molar-refractivity contribution is -0.129. The molecule has 0 atom stereocenters. The van der Waals surface area contributed by atoms with Crippen molar-refractivity contribution in [1.29, 1.82) is 0 Å². The summed E-state index contributed by atoms with van der Waals surface area (Å²) >= 11 is 1.56. The summed E-state index contributed by atoms with van der Waals surface area (Å²) in [7, 11) is 7.57. The Balaban J connectivity index is 1.74. The van der Waals surface area contributed by atoms with Gasteiger partial charge in [-0.15, -0.1) is 0 Å². The van der Waals surface area contributed by atoms with Crippen LogP contribution in [0.25, 0.3) is 23.0 Å². The molecule has 1 aromatic carbocycles. The predicted molar refractivity (Wildman–Crippen MR) is 155 cm³/mol. The van der Waals surface area contributed by atoms with Crippen LogP contribution in [0, 0.1) is 0 Å². The first-order chi connectivity index (χ1) is 17.5. The van der Waals surface area contributed by atoms with Crippen molar-refractivity contribution in [3.63, 3.8) is 0 Å². The molecule has 190 valence electrons. The molecular formula is C25H31B3N4O4S. The Morgan fingerprint density at radius 2 is 2.05 bits per heavy atom. The smallest absolute Gasteiger partial charge is 0.272 e. The first kappa shape index (κ1) is 26.7. The molecule has 1 N–H and O–H groups in total. The van der Waals surface area contributed by atoms with Gasteiger partial charge < -0.3 is 19.7 Å². The van der Waals surface area contributed by atoms with Gasteiger partial charge in [0.15, 0.2) is 5.69 Å². The van der Waals surface area contributed by atoms with E-state index in [0.29, 0.717) is 24.5 Å². The molecule has 8 nitrogen and oxygen atoms in total. The summed E-state index contributed by atoms with van der Waals surface area (Å²) in [5, 5.41) is 11.4. The number of nitrogens with zero attached hydrogens (tertiary/aromatic N) is 3. The van der Waals surface area contributed by atoms with Crippen LogP contribution in [0.2, 0.25) is 0 Å². The quantitative estimate of drug-likeness (QED) is 0.453. The summed E-state index contributed by atoms with van der Waals surface area (Å²) in [5.41, 5.74) is 5.66. The molecule has 0 unspecified atom stereocenters. The van der Waals surface area contributed by atoms with Crippen LogP contribution in [0.4, 0.5) is 0 Å². The summed E-state index contributed by atoms with van der Waals surface area (Å²) in [5.74, 6) is 1.07. The highest BCUT2D eigenvalue weighted by Crippen LogP contribution is 2.44.